The molecule has 0 aliphatic carbocycles. The van der Waals surface area contributed by atoms with Gasteiger partial charge in [-0.25, -0.2) is 9.07 Å². The van der Waals surface area contributed by atoms with Crippen LogP contribution in [0.15, 0.2) is 28.9 Å². The quantitative estimate of drug-likeness (QED) is 0.873. The van der Waals surface area contributed by atoms with Gasteiger partial charge in [0, 0.05) is 4.47 Å². The monoisotopic (exact) mass is 367 g/mol. The summed E-state index contributed by atoms with van der Waals surface area (Å²) >= 11 is 3.24. The van der Waals surface area contributed by atoms with E-state index in [4.69, 9.17) is 0 Å². The standard InChI is InChI=1S/C14H15BrFN5O/c15-9-1-2-11(16)12(7-9)18-14(22)13-8-21(20-19-13)10-3-5-17-6-4-10/h1-2,7-8,10,17H,3-6H2,(H,18,22). The van der Waals surface area contributed by atoms with Gasteiger partial charge in [-0.2, -0.15) is 0 Å². The molecule has 8 heteroatoms. The molecule has 6 nitrogen and oxygen atoms in total. The number of anilines is 1. The maximum atomic E-state index is 13.7. The molecule has 1 fully saturated rings. The van der Waals surface area contributed by atoms with Gasteiger partial charge in [-0.3, -0.25) is 4.79 Å². The molecule has 0 radical (unpaired) electrons. The molecule has 0 atom stereocenters. The molecule has 1 saturated heterocycles. The lowest BCUT2D eigenvalue weighted by atomic mass is 10.1. The molecular formula is C14H15BrFN5O. The van der Waals surface area contributed by atoms with Crippen LogP contribution in [0, 0.1) is 5.82 Å². The summed E-state index contributed by atoms with van der Waals surface area (Å²) in [5, 5.41) is 13.7. The van der Waals surface area contributed by atoms with Crippen molar-refractivity contribution in [1.82, 2.24) is 20.3 Å². The molecule has 0 spiro atoms. The Balaban J connectivity index is 1.72. The largest absolute Gasteiger partial charge is 0.318 e. The van der Waals surface area contributed by atoms with E-state index in [2.05, 4.69) is 36.9 Å². The number of piperidine rings is 1. The fraction of sp³-hybridized carbons (Fsp3) is 0.357. The van der Waals surface area contributed by atoms with E-state index >= 15 is 0 Å². The van der Waals surface area contributed by atoms with Gasteiger partial charge in [0.05, 0.1) is 17.9 Å². The third-order valence-electron chi connectivity index (χ3n) is 3.60. The number of nitrogens with zero attached hydrogens (tertiary/aromatic N) is 3. The van der Waals surface area contributed by atoms with Gasteiger partial charge in [0.1, 0.15) is 5.82 Å². The van der Waals surface area contributed by atoms with Crippen LogP contribution in [0.4, 0.5) is 10.1 Å². The van der Waals surface area contributed by atoms with E-state index in [0.29, 0.717) is 4.47 Å². The Morgan fingerprint density at radius 1 is 1.41 bits per heavy atom. The topological polar surface area (TPSA) is 71.8 Å². The second-order valence-corrected chi connectivity index (χ2v) is 6.06. The van der Waals surface area contributed by atoms with Crippen molar-refractivity contribution in [2.24, 2.45) is 0 Å². The van der Waals surface area contributed by atoms with E-state index in [-0.39, 0.29) is 17.4 Å². The summed E-state index contributed by atoms with van der Waals surface area (Å²) in [5.74, 6) is -0.973. The van der Waals surface area contributed by atoms with Crippen LogP contribution < -0.4 is 10.6 Å². The highest BCUT2D eigenvalue weighted by Gasteiger charge is 2.19. The third-order valence-corrected chi connectivity index (χ3v) is 4.10. The first kappa shape index (κ1) is 15.1. The smallest absolute Gasteiger partial charge is 0.277 e. The van der Waals surface area contributed by atoms with Crippen molar-refractivity contribution in [3.05, 3.63) is 40.4 Å². The van der Waals surface area contributed by atoms with Crippen molar-refractivity contribution in [2.45, 2.75) is 18.9 Å². The Bertz CT molecular complexity index is 684. The van der Waals surface area contributed by atoms with E-state index in [1.165, 1.54) is 12.1 Å². The number of hydrogen-bond acceptors (Lipinski definition) is 4. The van der Waals surface area contributed by atoms with Crippen molar-refractivity contribution in [3.8, 4) is 0 Å². The first-order valence-corrected chi connectivity index (χ1v) is 7.82. The van der Waals surface area contributed by atoms with Crippen LogP contribution in [0.1, 0.15) is 29.4 Å². The lowest BCUT2D eigenvalue weighted by molar-refractivity contribution is 0.102. The number of carbonyl (C=O) groups is 1. The van der Waals surface area contributed by atoms with E-state index in [1.54, 1.807) is 16.9 Å². The molecule has 2 aromatic rings. The molecule has 1 aromatic heterocycles. The maximum Gasteiger partial charge on any atom is 0.277 e. The third kappa shape index (κ3) is 3.33. The Morgan fingerprint density at radius 3 is 2.95 bits per heavy atom. The number of hydrogen-bond donors (Lipinski definition) is 2. The van der Waals surface area contributed by atoms with Crippen LogP contribution >= 0.6 is 15.9 Å². The molecule has 1 aliphatic heterocycles. The molecule has 2 heterocycles. The maximum absolute atomic E-state index is 13.7. The van der Waals surface area contributed by atoms with Gasteiger partial charge in [-0.1, -0.05) is 21.1 Å². The highest BCUT2D eigenvalue weighted by atomic mass is 79.9. The molecule has 0 bridgehead atoms. The fourth-order valence-electron chi connectivity index (χ4n) is 2.41. The molecule has 2 N–H and O–H groups in total. The minimum Gasteiger partial charge on any atom is -0.318 e. The number of halogens is 2. The van der Waals surface area contributed by atoms with Crippen molar-refractivity contribution < 1.29 is 9.18 Å². The summed E-state index contributed by atoms with van der Waals surface area (Å²) in [6, 6.07) is 4.60. The molecule has 0 unspecified atom stereocenters. The summed E-state index contributed by atoms with van der Waals surface area (Å²) in [6.07, 6.45) is 3.51. The molecule has 22 heavy (non-hydrogen) atoms. The summed E-state index contributed by atoms with van der Waals surface area (Å²) in [6.45, 7) is 1.85. The Labute approximate surface area is 135 Å². The Morgan fingerprint density at radius 2 is 2.18 bits per heavy atom. The molecule has 1 amide bonds. The highest BCUT2D eigenvalue weighted by Crippen LogP contribution is 2.21. The zero-order chi connectivity index (χ0) is 15.5. The number of aromatic nitrogens is 3. The summed E-state index contributed by atoms with van der Waals surface area (Å²) in [7, 11) is 0. The second-order valence-electron chi connectivity index (χ2n) is 5.14. The van der Waals surface area contributed by atoms with Gasteiger partial charge < -0.3 is 10.6 Å². The first-order valence-electron chi connectivity index (χ1n) is 7.02. The van der Waals surface area contributed by atoms with Crippen molar-refractivity contribution in [1.29, 1.82) is 0 Å². The SMILES string of the molecule is O=C(Nc1cc(Br)ccc1F)c1cn(C2CCNCC2)nn1. The molecular weight excluding hydrogens is 353 g/mol. The van der Waals surface area contributed by atoms with Crippen LogP contribution in [-0.2, 0) is 0 Å². The number of benzene rings is 1. The Kier molecular flexibility index (Phi) is 4.49. The number of amides is 1. The summed E-state index contributed by atoms with van der Waals surface area (Å²) in [4.78, 5) is 12.2. The van der Waals surface area contributed by atoms with Crippen LogP contribution in [0.25, 0.3) is 0 Å². The molecule has 1 aliphatic rings. The van der Waals surface area contributed by atoms with Gasteiger partial charge in [0.2, 0.25) is 0 Å². The number of rotatable bonds is 3. The van der Waals surface area contributed by atoms with Crippen LogP contribution in [0.5, 0.6) is 0 Å². The van der Waals surface area contributed by atoms with E-state index < -0.39 is 11.7 Å². The van der Waals surface area contributed by atoms with Gasteiger partial charge in [0.15, 0.2) is 5.69 Å². The van der Waals surface area contributed by atoms with E-state index in [9.17, 15) is 9.18 Å². The Hall–Kier alpha value is -1.80. The van der Waals surface area contributed by atoms with Crippen LogP contribution in [0.2, 0.25) is 0 Å². The first-order chi connectivity index (χ1) is 10.6. The van der Waals surface area contributed by atoms with Crippen molar-refractivity contribution in [3.63, 3.8) is 0 Å². The molecule has 116 valence electrons. The minimum atomic E-state index is -0.498. The van der Waals surface area contributed by atoms with Gasteiger partial charge in [-0.15, -0.1) is 5.10 Å². The zero-order valence-electron chi connectivity index (χ0n) is 11.7. The predicted octanol–water partition coefficient (Wildman–Crippen LogP) is 2.36. The summed E-state index contributed by atoms with van der Waals surface area (Å²) in [5.41, 5.74) is 0.286. The average Bonchev–Trinajstić information content (AvgIpc) is 3.02. The van der Waals surface area contributed by atoms with E-state index in [1.807, 2.05) is 0 Å². The minimum absolute atomic E-state index is 0.107. The fourth-order valence-corrected chi connectivity index (χ4v) is 2.77. The van der Waals surface area contributed by atoms with Crippen LogP contribution in [0.3, 0.4) is 0 Å². The van der Waals surface area contributed by atoms with Gasteiger partial charge >= 0.3 is 0 Å². The number of carbonyl (C=O) groups excluding carboxylic acids is 1. The lowest BCUT2D eigenvalue weighted by Crippen LogP contribution is -2.29. The molecule has 0 saturated carbocycles. The van der Waals surface area contributed by atoms with Crippen molar-refractivity contribution in [2.75, 3.05) is 18.4 Å². The summed E-state index contributed by atoms with van der Waals surface area (Å²) < 4.78 is 16.1. The normalized spacial score (nSPS) is 15.7. The molecule has 1 aromatic carbocycles. The molecule has 3 rings (SSSR count). The van der Waals surface area contributed by atoms with Gasteiger partial charge in [-0.05, 0) is 44.1 Å². The van der Waals surface area contributed by atoms with E-state index in [0.717, 1.165) is 25.9 Å². The van der Waals surface area contributed by atoms with Crippen molar-refractivity contribution >= 4 is 27.5 Å². The lowest BCUT2D eigenvalue weighted by Gasteiger charge is -2.22. The highest BCUT2D eigenvalue weighted by molar-refractivity contribution is 9.10. The zero-order valence-corrected chi connectivity index (χ0v) is 13.3. The second kappa shape index (κ2) is 6.53. The number of nitrogens with one attached hydrogen (secondary N) is 2. The predicted molar refractivity (Wildman–Crippen MR) is 83.2 cm³/mol. The van der Waals surface area contributed by atoms with Crippen LogP contribution in [-0.4, -0.2) is 34.0 Å². The van der Waals surface area contributed by atoms with Gasteiger partial charge in [0.25, 0.3) is 5.91 Å². The average molecular weight is 368 g/mol.